The van der Waals surface area contributed by atoms with E-state index in [0.717, 1.165) is 69.4 Å². The van der Waals surface area contributed by atoms with Crippen LogP contribution in [0.5, 0.6) is 11.5 Å². The van der Waals surface area contributed by atoms with E-state index < -0.39 is 42.3 Å². The number of aromatic hydroxyl groups is 1. The molecule has 18 nitrogen and oxygen atoms in total. The number of pyridine rings is 4. The Balaban J connectivity index is 0.00000129. The van der Waals surface area contributed by atoms with Gasteiger partial charge in [-0.2, -0.15) is 0 Å². The molecule has 6 aromatic carbocycles. The number of esters is 3. The number of isocyanates is 1. The Hall–Kier alpha value is -9.91. The first-order chi connectivity index (χ1) is 53.6. The molecule has 0 amide bonds. The summed E-state index contributed by atoms with van der Waals surface area (Å²) in [5.41, 5.74) is 10.6. The van der Waals surface area contributed by atoms with E-state index in [9.17, 15) is 39.6 Å². The van der Waals surface area contributed by atoms with E-state index in [0.29, 0.717) is 36.2 Å². The van der Waals surface area contributed by atoms with Gasteiger partial charge >= 0.3 is 17.9 Å². The van der Waals surface area contributed by atoms with E-state index in [1.807, 2.05) is 170 Å². The number of aliphatic hydroxyl groups excluding tert-OH is 4. The van der Waals surface area contributed by atoms with Gasteiger partial charge in [-0.1, -0.05) is 126 Å². The summed E-state index contributed by atoms with van der Waals surface area (Å²) in [6.07, 6.45) is 12.9. The van der Waals surface area contributed by atoms with E-state index >= 15 is 0 Å². The van der Waals surface area contributed by atoms with Crippen molar-refractivity contribution in [3.8, 4) is 56.5 Å². The number of nitrogens with zero attached hydrogens (tertiary/aromatic N) is 5. The number of aliphatic hydroxyl groups is 4. The average molecular weight is 1890 g/mol. The van der Waals surface area contributed by atoms with Crippen LogP contribution in [0, 0.1) is 36.1 Å². The van der Waals surface area contributed by atoms with Crippen LogP contribution in [-0.2, 0) is 86.4 Å². The first-order valence-corrected chi connectivity index (χ1v) is 37.2. The van der Waals surface area contributed by atoms with Crippen LogP contribution in [0.1, 0.15) is 119 Å². The van der Waals surface area contributed by atoms with E-state index in [-0.39, 0.29) is 84.0 Å². The summed E-state index contributed by atoms with van der Waals surface area (Å²) in [5, 5.41) is 47.5. The molecule has 4 aromatic heterocycles. The maximum absolute atomic E-state index is 11.8. The summed E-state index contributed by atoms with van der Waals surface area (Å²) >= 11 is 0. The molecule has 1 saturated heterocycles. The molecule has 2 radical (unpaired) electrons. The zero-order valence-electron chi connectivity index (χ0n) is 66.6. The Morgan fingerprint density at radius 2 is 0.788 bits per heavy atom. The molecule has 113 heavy (non-hydrogen) atoms. The fourth-order valence-corrected chi connectivity index (χ4v) is 9.21. The number of carbonyl (C=O) groups is 3. The fourth-order valence-electron chi connectivity index (χ4n) is 9.21. The second-order valence-corrected chi connectivity index (χ2v) is 25.1. The first-order valence-electron chi connectivity index (χ1n) is 37.2. The molecule has 0 bridgehead atoms. The monoisotopic (exact) mass is 1890 g/mol. The second kappa shape index (κ2) is 65.6. The van der Waals surface area contributed by atoms with Gasteiger partial charge in [0.1, 0.15) is 18.1 Å². The fraction of sp³-hybridized carbons (Fsp3) is 0.312. The van der Waals surface area contributed by atoms with Crippen molar-refractivity contribution in [3.63, 3.8) is 0 Å². The van der Waals surface area contributed by atoms with Crippen molar-refractivity contribution < 1.29 is 104 Å². The minimum atomic E-state index is -0.619. The summed E-state index contributed by atoms with van der Waals surface area (Å²) in [5.74, 6) is -1.13. The molecule has 10 aromatic rings. The Morgan fingerprint density at radius 3 is 1.04 bits per heavy atom. The standard InChI is InChI=1S/C20H28O6.C12H18O3.4C11H8N.C7H9NO3.C4H8O.2C3H8.2Ir/c1-13(2)20(24)25-11-5-6-19(23)26-17-9-7-16(8-10-17)12-18(14(3)21)15(4)22;1-8(13)12(9(2)14)7-10-3-5-11(15)6-4-10;4*1-2-6-10(7-3-1)11-8-4-5-9-12-11;1-6(2)7(10)11-4-3-8-5-9;1-2-4-5-3-1;2*1-3-2;;/h7-10,14-15,18,21-22H,1,5-6,11-12H2,2-4H3;3-6,8-9,12-15H,7H2,1-2H3;4*1-6,8-9H;1,3-4H2,2H3;1-4H2;2*3H2,1-2H3;;/q;;4*-1;;;;;;. The van der Waals surface area contributed by atoms with Gasteiger partial charge in [0.25, 0.3) is 0 Å². The first kappa shape index (κ1) is 103. The second-order valence-electron chi connectivity index (χ2n) is 25.1. The number of benzene rings is 6. The quantitative estimate of drug-likeness (QED) is 0.00802. The van der Waals surface area contributed by atoms with Crippen molar-refractivity contribution >= 4 is 24.0 Å². The van der Waals surface area contributed by atoms with Crippen LogP contribution in [0.25, 0.3) is 45.0 Å². The Morgan fingerprint density at radius 1 is 0.478 bits per heavy atom. The smallest absolute Gasteiger partial charge is 0.333 e. The number of hydrogen-bond donors (Lipinski definition) is 5. The summed E-state index contributed by atoms with van der Waals surface area (Å²) in [7, 11) is 0. The van der Waals surface area contributed by atoms with E-state index in [1.54, 1.807) is 115 Å². The Labute approximate surface area is 697 Å². The summed E-state index contributed by atoms with van der Waals surface area (Å²) < 4.78 is 19.7. The molecular formula is C93H111Ir2N5O13-4. The van der Waals surface area contributed by atoms with Gasteiger partial charge in [0.05, 0.1) is 37.6 Å². The number of phenols is 1. The van der Waals surface area contributed by atoms with Crippen LogP contribution in [0.3, 0.4) is 0 Å². The van der Waals surface area contributed by atoms with Gasteiger partial charge in [0.2, 0.25) is 6.08 Å². The number of aliphatic imine (C=N–C) groups is 1. The van der Waals surface area contributed by atoms with Crippen LogP contribution >= 0.6 is 0 Å². The molecule has 1 fully saturated rings. The third kappa shape index (κ3) is 49.3. The van der Waals surface area contributed by atoms with Gasteiger partial charge < -0.3 is 64.4 Å². The Bertz CT molecular complexity index is 3580. The van der Waals surface area contributed by atoms with Crippen molar-refractivity contribution in [1.29, 1.82) is 0 Å². The predicted molar refractivity (Wildman–Crippen MR) is 441 cm³/mol. The van der Waals surface area contributed by atoms with Crippen LogP contribution in [-0.4, -0.2) is 127 Å². The van der Waals surface area contributed by atoms with Crippen LogP contribution in [0.4, 0.5) is 0 Å². The third-order valence-corrected chi connectivity index (χ3v) is 14.9. The van der Waals surface area contributed by atoms with Gasteiger partial charge in [-0.3, -0.25) is 4.79 Å². The van der Waals surface area contributed by atoms with Crippen molar-refractivity contribution in [2.75, 3.05) is 33.0 Å². The molecule has 4 unspecified atom stereocenters. The molecule has 608 valence electrons. The zero-order valence-corrected chi connectivity index (χ0v) is 71.4. The minimum absolute atomic E-state index is 0. The molecule has 5 N–H and O–H groups in total. The molecule has 0 spiro atoms. The minimum Gasteiger partial charge on any atom is -0.508 e. The maximum Gasteiger partial charge on any atom is 0.333 e. The third-order valence-electron chi connectivity index (χ3n) is 14.9. The normalized spacial score (nSPS) is 11.8. The summed E-state index contributed by atoms with van der Waals surface area (Å²) in [4.78, 5) is 63.2. The molecular weight excluding hydrogens is 1780 g/mol. The number of rotatable bonds is 22. The van der Waals surface area contributed by atoms with E-state index in [2.05, 4.69) is 94.8 Å². The van der Waals surface area contributed by atoms with Crippen LogP contribution in [0.2, 0.25) is 0 Å². The summed E-state index contributed by atoms with van der Waals surface area (Å²) in [6, 6.07) is 81.0. The Kier molecular flexibility index (Phi) is 59.9. The molecule has 0 aliphatic carbocycles. The largest absolute Gasteiger partial charge is 0.508 e. The number of carbonyl (C=O) groups excluding carboxylic acids is 4. The van der Waals surface area contributed by atoms with Gasteiger partial charge in [-0.05, 0) is 156 Å². The SMILES string of the molecule is C1CCOC1.C=C(C)C(=O)OCCCC(=O)Oc1ccc(CC(C(C)O)C(C)O)cc1.C=C(C)C(=O)OCCN=C=O.CC(O)C(Cc1ccc(O)cc1)C(C)O.CCC.CCC.[Ir].[Ir].[c-]1ccccc1-c1ccccn1.[c-]1ccccc1-c1ccccn1.[c-]1ccccc1-c1ccccn1.[c-]1ccccc1-c1ccccn1. The molecule has 5 heterocycles. The number of aromatic nitrogens is 4. The zero-order chi connectivity index (χ0) is 81.7. The van der Waals surface area contributed by atoms with Crippen molar-refractivity contribution in [2.24, 2.45) is 16.8 Å². The number of phenolic OH excluding ortho intramolecular Hbond substituents is 1. The topological polar surface area (TPSA) is 270 Å². The van der Waals surface area contributed by atoms with Crippen LogP contribution in [0.15, 0.2) is 272 Å². The van der Waals surface area contributed by atoms with Crippen molar-refractivity contribution in [3.05, 3.63) is 303 Å². The van der Waals surface area contributed by atoms with Gasteiger partial charge in [0.15, 0.2) is 0 Å². The van der Waals surface area contributed by atoms with Gasteiger partial charge in [-0.25, -0.2) is 19.4 Å². The molecule has 11 rings (SSSR count). The average Bonchev–Trinajstić information content (AvgIpc) is 1.13. The molecule has 4 atom stereocenters. The van der Waals surface area contributed by atoms with Crippen molar-refractivity contribution in [1.82, 2.24) is 19.9 Å². The maximum atomic E-state index is 11.8. The molecule has 1 aliphatic heterocycles. The molecule has 1 aliphatic rings. The summed E-state index contributed by atoms with van der Waals surface area (Å²) in [6.45, 7) is 27.5. The predicted octanol–water partition coefficient (Wildman–Crippen LogP) is 18.0. The van der Waals surface area contributed by atoms with Gasteiger partial charge in [0, 0.05) is 108 Å². The van der Waals surface area contributed by atoms with Gasteiger partial charge in [-0.15, -0.1) is 144 Å². The van der Waals surface area contributed by atoms with E-state index in [1.165, 1.54) is 31.8 Å². The number of ether oxygens (including phenoxy) is 4. The molecule has 0 saturated carbocycles. The van der Waals surface area contributed by atoms with Crippen molar-refractivity contribution in [2.45, 2.75) is 145 Å². The molecule has 20 heteroatoms. The number of hydrogen-bond acceptors (Lipinski definition) is 18. The van der Waals surface area contributed by atoms with E-state index in [4.69, 9.17) is 19.3 Å². The van der Waals surface area contributed by atoms with Crippen LogP contribution < -0.4 is 4.74 Å².